The number of rotatable bonds is 4. The van der Waals surface area contributed by atoms with Gasteiger partial charge in [-0.15, -0.1) is 11.3 Å². The highest BCUT2D eigenvalue weighted by atomic mass is 32.1. The van der Waals surface area contributed by atoms with Gasteiger partial charge in [0.2, 0.25) is 0 Å². The number of carbonyl (C=O) groups excluding carboxylic acids is 1. The fourth-order valence-electron chi connectivity index (χ4n) is 2.32. The molecule has 2 aromatic rings. The number of thiazole rings is 1. The summed E-state index contributed by atoms with van der Waals surface area (Å²) in [5, 5.41) is 5.76. The van der Waals surface area contributed by atoms with E-state index in [0.29, 0.717) is 12.2 Å². The molecule has 0 atom stereocenters. The van der Waals surface area contributed by atoms with Crippen molar-refractivity contribution in [3.05, 3.63) is 52.0 Å². The molecule has 0 unspecified atom stereocenters. The molecule has 19 heavy (non-hydrogen) atoms. The van der Waals surface area contributed by atoms with Crippen molar-refractivity contribution in [2.24, 2.45) is 0 Å². The Bertz CT molecular complexity index is 587. The lowest BCUT2D eigenvalue weighted by Crippen LogP contribution is -2.32. The Hall–Kier alpha value is -1.68. The number of nitrogens with zero attached hydrogens (tertiary/aromatic N) is 1. The zero-order valence-electron chi connectivity index (χ0n) is 10.8. The molecule has 1 aliphatic rings. The summed E-state index contributed by atoms with van der Waals surface area (Å²) in [6, 6.07) is 10.4. The molecule has 0 saturated heterocycles. The SMILES string of the molecule is Cc1nc(C(=O)NCC2(c3ccccc3)CC2)cs1. The maximum absolute atomic E-state index is 12.0. The van der Waals surface area contributed by atoms with Crippen molar-refractivity contribution in [2.45, 2.75) is 25.2 Å². The van der Waals surface area contributed by atoms with Crippen molar-refractivity contribution in [3.8, 4) is 0 Å². The van der Waals surface area contributed by atoms with Crippen molar-refractivity contribution < 1.29 is 4.79 Å². The summed E-state index contributed by atoms with van der Waals surface area (Å²) >= 11 is 1.51. The van der Waals surface area contributed by atoms with Gasteiger partial charge < -0.3 is 5.32 Å². The van der Waals surface area contributed by atoms with E-state index in [9.17, 15) is 4.79 Å². The quantitative estimate of drug-likeness (QED) is 0.930. The van der Waals surface area contributed by atoms with E-state index in [1.54, 1.807) is 0 Å². The summed E-state index contributed by atoms with van der Waals surface area (Å²) in [7, 11) is 0. The van der Waals surface area contributed by atoms with Crippen LogP contribution in [0, 0.1) is 6.92 Å². The zero-order valence-corrected chi connectivity index (χ0v) is 11.7. The summed E-state index contributed by atoms with van der Waals surface area (Å²) < 4.78 is 0. The van der Waals surface area contributed by atoms with Crippen LogP contribution >= 0.6 is 11.3 Å². The van der Waals surface area contributed by atoms with Gasteiger partial charge in [0.15, 0.2) is 0 Å². The average Bonchev–Trinajstić information content (AvgIpc) is 3.12. The third kappa shape index (κ3) is 2.54. The van der Waals surface area contributed by atoms with E-state index >= 15 is 0 Å². The minimum absolute atomic E-state index is 0.0634. The first kappa shape index (κ1) is 12.4. The van der Waals surface area contributed by atoms with Crippen molar-refractivity contribution in [1.29, 1.82) is 0 Å². The van der Waals surface area contributed by atoms with Crippen LogP contribution in [0.2, 0.25) is 0 Å². The van der Waals surface area contributed by atoms with Gasteiger partial charge in [0, 0.05) is 17.3 Å². The average molecular weight is 272 g/mol. The van der Waals surface area contributed by atoms with Crippen LogP contribution in [-0.4, -0.2) is 17.4 Å². The number of aromatic nitrogens is 1. The molecular formula is C15H16N2OS. The molecule has 1 aromatic heterocycles. The number of hydrogen-bond donors (Lipinski definition) is 1. The molecule has 3 nitrogen and oxygen atoms in total. The highest BCUT2D eigenvalue weighted by Crippen LogP contribution is 2.47. The second kappa shape index (κ2) is 4.78. The molecule has 0 radical (unpaired) electrons. The fourth-order valence-corrected chi connectivity index (χ4v) is 2.91. The molecule has 1 fully saturated rings. The van der Waals surface area contributed by atoms with Gasteiger partial charge in [-0.3, -0.25) is 4.79 Å². The summed E-state index contributed by atoms with van der Waals surface area (Å²) in [6.07, 6.45) is 2.29. The lowest BCUT2D eigenvalue weighted by molar-refractivity contribution is 0.0945. The topological polar surface area (TPSA) is 42.0 Å². The number of nitrogens with one attached hydrogen (secondary N) is 1. The predicted octanol–water partition coefficient (Wildman–Crippen LogP) is 2.91. The molecule has 1 aromatic carbocycles. The van der Waals surface area contributed by atoms with Crippen LogP contribution in [0.4, 0.5) is 0 Å². The number of carbonyl (C=O) groups is 1. The predicted molar refractivity (Wildman–Crippen MR) is 76.5 cm³/mol. The third-order valence-corrected chi connectivity index (χ3v) is 4.45. The van der Waals surface area contributed by atoms with Gasteiger partial charge in [-0.25, -0.2) is 4.98 Å². The highest BCUT2D eigenvalue weighted by Gasteiger charge is 2.44. The number of aryl methyl sites for hydroxylation is 1. The maximum Gasteiger partial charge on any atom is 0.270 e. The van der Waals surface area contributed by atoms with Crippen LogP contribution in [0.15, 0.2) is 35.7 Å². The molecule has 98 valence electrons. The van der Waals surface area contributed by atoms with E-state index in [1.807, 2.05) is 18.4 Å². The van der Waals surface area contributed by atoms with Gasteiger partial charge in [-0.05, 0) is 25.3 Å². The molecule has 1 heterocycles. The van der Waals surface area contributed by atoms with Gasteiger partial charge in [-0.1, -0.05) is 30.3 Å². The van der Waals surface area contributed by atoms with Crippen molar-refractivity contribution in [1.82, 2.24) is 10.3 Å². The maximum atomic E-state index is 12.0. The first-order chi connectivity index (χ1) is 9.20. The molecule has 0 spiro atoms. The first-order valence-electron chi connectivity index (χ1n) is 6.45. The Kier molecular flexibility index (Phi) is 3.11. The monoisotopic (exact) mass is 272 g/mol. The van der Waals surface area contributed by atoms with Gasteiger partial charge in [0.1, 0.15) is 5.69 Å². The largest absolute Gasteiger partial charge is 0.350 e. The molecule has 0 bridgehead atoms. The number of amides is 1. The number of hydrogen-bond acceptors (Lipinski definition) is 3. The van der Waals surface area contributed by atoms with Crippen LogP contribution in [0.25, 0.3) is 0 Å². The normalized spacial score (nSPS) is 16.1. The molecule has 4 heteroatoms. The van der Waals surface area contributed by atoms with Crippen molar-refractivity contribution >= 4 is 17.2 Å². The minimum Gasteiger partial charge on any atom is -0.350 e. The van der Waals surface area contributed by atoms with Gasteiger partial charge in [0.25, 0.3) is 5.91 Å². The van der Waals surface area contributed by atoms with Crippen LogP contribution < -0.4 is 5.32 Å². The molecule has 1 saturated carbocycles. The fraction of sp³-hybridized carbons (Fsp3) is 0.333. The van der Waals surface area contributed by atoms with E-state index < -0.39 is 0 Å². The lowest BCUT2D eigenvalue weighted by Gasteiger charge is -2.16. The second-order valence-electron chi connectivity index (χ2n) is 5.08. The van der Waals surface area contributed by atoms with E-state index in [1.165, 1.54) is 16.9 Å². The molecule has 1 N–H and O–H groups in total. The van der Waals surface area contributed by atoms with Crippen molar-refractivity contribution in [2.75, 3.05) is 6.54 Å². The smallest absolute Gasteiger partial charge is 0.270 e. The molecule has 1 aliphatic carbocycles. The van der Waals surface area contributed by atoms with E-state index in [0.717, 1.165) is 17.8 Å². The minimum atomic E-state index is -0.0634. The van der Waals surface area contributed by atoms with E-state index in [-0.39, 0.29) is 11.3 Å². The van der Waals surface area contributed by atoms with Crippen LogP contribution in [0.1, 0.15) is 33.9 Å². The van der Waals surface area contributed by atoms with E-state index in [4.69, 9.17) is 0 Å². The standard InChI is InChI=1S/C15H16N2OS/c1-11-17-13(9-19-11)14(18)16-10-15(7-8-15)12-5-3-2-4-6-12/h2-6,9H,7-8,10H2,1H3,(H,16,18). The Labute approximate surface area is 116 Å². The van der Waals surface area contributed by atoms with Crippen molar-refractivity contribution in [3.63, 3.8) is 0 Å². The van der Waals surface area contributed by atoms with Crippen LogP contribution in [-0.2, 0) is 5.41 Å². The zero-order chi connectivity index (χ0) is 13.3. The summed E-state index contributed by atoms with van der Waals surface area (Å²) in [5.41, 5.74) is 2.01. The number of benzene rings is 1. The molecule has 0 aliphatic heterocycles. The summed E-state index contributed by atoms with van der Waals surface area (Å²) in [4.78, 5) is 16.2. The second-order valence-corrected chi connectivity index (χ2v) is 6.14. The third-order valence-electron chi connectivity index (χ3n) is 3.68. The molecule has 1 amide bonds. The lowest BCUT2D eigenvalue weighted by atomic mass is 9.96. The Balaban J connectivity index is 1.65. The summed E-state index contributed by atoms with van der Waals surface area (Å²) in [6.45, 7) is 2.61. The van der Waals surface area contributed by atoms with Gasteiger partial charge in [0.05, 0.1) is 5.01 Å². The van der Waals surface area contributed by atoms with Crippen LogP contribution in [0.5, 0.6) is 0 Å². The molecular weight excluding hydrogens is 256 g/mol. The molecule has 3 rings (SSSR count). The van der Waals surface area contributed by atoms with Gasteiger partial charge >= 0.3 is 0 Å². The van der Waals surface area contributed by atoms with Crippen LogP contribution in [0.3, 0.4) is 0 Å². The Morgan fingerprint density at radius 3 is 2.68 bits per heavy atom. The van der Waals surface area contributed by atoms with Gasteiger partial charge in [-0.2, -0.15) is 0 Å². The highest BCUT2D eigenvalue weighted by molar-refractivity contribution is 7.09. The van der Waals surface area contributed by atoms with E-state index in [2.05, 4.69) is 34.6 Å². The summed E-state index contributed by atoms with van der Waals surface area (Å²) in [5.74, 6) is -0.0634. The first-order valence-corrected chi connectivity index (χ1v) is 7.33. The Morgan fingerprint density at radius 1 is 1.37 bits per heavy atom. The Morgan fingerprint density at radius 2 is 2.11 bits per heavy atom.